The molecule has 1 aromatic heterocycles. The third-order valence-electron chi connectivity index (χ3n) is 5.70. The van der Waals surface area contributed by atoms with Gasteiger partial charge >= 0.3 is 6.18 Å². The molecule has 4 aromatic rings. The standard InChI is InChI=1S/C25H24F3N3/c1-14-8-10-19(12-17(14)4)29-23(25(26,27)28)18-9-11-20-21(13-18)31-24(30-20)22-15(2)6-5-7-16(22)3/h5-13,23,29H,1-4H3,(H,30,31). The zero-order valence-corrected chi connectivity index (χ0v) is 17.9. The normalized spacial score (nSPS) is 12.9. The Labute approximate surface area is 179 Å². The van der Waals surface area contributed by atoms with Gasteiger partial charge in [-0.15, -0.1) is 0 Å². The van der Waals surface area contributed by atoms with Gasteiger partial charge in [-0.25, -0.2) is 4.98 Å². The van der Waals surface area contributed by atoms with Gasteiger partial charge in [0.25, 0.3) is 0 Å². The summed E-state index contributed by atoms with van der Waals surface area (Å²) in [5.41, 5.74) is 6.84. The van der Waals surface area contributed by atoms with Crippen LogP contribution in [0, 0.1) is 27.7 Å². The lowest BCUT2D eigenvalue weighted by Crippen LogP contribution is -2.27. The summed E-state index contributed by atoms with van der Waals surface area (Å²) in [4.78, 5) is 7.83. The molecule has 0 aliphatic heterocycles. The smallest absolute Gasteiger partial charge is 0.370 e. The average Bonchev–Trinajstić information content (AvgIpc) is 3.10. The van der Waals surface area contributed by atoms with Crippen molar-refractivity contribution in [1.82, 2.24) is 9.97 Å². The summed E-state index contributed by atoms with van der Waals surface area (Å²) in [6.07, 6.45) is -4.46. The number of hydrogen-bond donors (Lipinski definition) is 2. The number of aromatic amines is 1. The molecule has 0 fully saturated rings. The van der Waals surface area contributed by atoms with Crippen LogP contribution in [-0.4, -0.2) is 16.1 Å². The van der Waals surface area contributed by atoms with Gasteiger partial charge < -0.3 is 10.3 Å². The lowest BCUT2D eigenvalue weighted by atomic mass is 10.0. The number of benzene rings is 3. The highest BCUT2D eigenvalue weighted by Gasteiger charge is 2.41. The van der Waals surface area contributed by atoms with Crippen LogP contribution >= 0.6 is 0 Å². The molecule has 0 spiro atoms. The maximum Gasteiger partial charge on any atom is 0.412 e. The van der Waals surface area contributed by atoms with Gasteiger partial charge in [0.15, 0.2) is 0 Å². The monoisotopic (exact) mass is 423 g/mol. The van der Waals surface area contributed by atoms with Crippen molar-refractivity contribution < 1.29 is 13.2 Å². The molecule has 6 heteroatoms. The molecule has 4 rings (SSSR count). The number of fused-ring (bicyclic) bond motifs is 1. The Kier molecular flexibility index (Phi) is 5.25. The van der Waals surface area contributed by atoms with E-state index in [0.717, 1.165) is 27.8 Å². The van der Waals surface area contributed by atoms with Gasteiger partial charge in [0, 0.05) is 11.3 Å². The van der Waals surface area contributed by atoms with Crippen LogP contribution in [0.4, 0.5) is 18.9 Å². The molecule has 31 heavy (non-hydrogen) atoms. The number of aryl methyl sites for hydroxylation is 4. The molecule has 2 N–H and O–H groups in total. The minimum absolute atomic E-state index is 0.134. The quantitative estimate of drug-likeness (QED) is 0.365. The zero-order valence-electron chi connectivity index (χ0n) is 17.9. The molecule has 1 heterocycles. The Morgan fingerprint density at radius 1 is 0.839 bits per heavy atom. The number of nitrogens with one attached hydrogen (secondary N) is 2. The molecule has 1 unspecified atom stereocenters. The Hall–Kier alpha value is -3.28. The third-order valence-corrected chi connectivity index (χ3v) is 5.70. The van der Waals surface area contributed by atoms with E-state index in [1.54, 1.807) is 18.2 Å². The highest BCUT2D eigenvalue weighted by molar-refractivity contribution is 5.81. The lowest BCUT2D eigenvalue weighted by molar-refractivity contribution is -0.143. The van der Waals surface area contributed by atoms with Crippen molar-refractivity contribution in [1.29, 1.82) is 0 Å². The molecule has 160 valence electrons. The number of imidazole rings is 1. The second-order valence-electron chi connectivity index (χ2n) is 8.05. The van der Waals surface area contributed by atoms with Gasteiger partial charge in [-0.2, -0.15) is 13.2 Å². The highest BCUT2D eigenvalue weighted by Crippen LogP contribution is 2.37. The minimum atomic E-state index is -4.46. The van der Waals surface area contributed by atoms with E-state index in [1.165, 1.54) is 12.1 Å². The fourth-order valence-electron chi connectivity index (χ4n) is 3.87. The molecule has 0 aliphatic carbocycles. The van der Waals surface area contributed by atoms with Gasteiger partial charge in [0.1, 0.15) is 11.9 Å². The predicted molar refractivity (Wildman–Crippen MR) is 119 cm³/mol. The summed E-state index contributed by atoms with van der Waals surface area (Å²) in [5, 5.41) is 2.67. The van der Waals surface area contributed by atoms with E-state index in [4.69, 9.17) is 0 Å². The molecule has 3 nitrogen and oxygen atoms in total. The van der Waals surface area contributed by atoms with Crippen LogP contribution in [0.1, 0.15) is 33.9 Å². The average molecular weight is 423 g/mol. The number of alkyl halides is 3. The van der Waals surface area contributed by atoms with Crippen LogP contribution in [0.5, 0.6) is 0 Å². The lowest BCUT2D eigenvalue weighted by Gasteiger charge is -2.23. The Balaban J connectivity index is 1.74. The number of anilines is 1. The fourth-order valence-corrected chi connectivity index (χ4v) is 3.87. The Morgan fingerprint density at radius 2 is 1.55 bits per heavy atom. The van der Waals surface area contributed by atoms with E-state index in [2.05, 4.69) is 15.3 Å². The largest absolute Gasteiger partial charge is 0.412 e. The molecule has 3 aromatic carbocycles. The van der Waals surface area contributed by atoms with Crippen LogP contribution in [0.15, 0.2) is 54.6 Å². The van der Waals surface area contributed by atoms with Crippen LogP contribution < -0.4 is 5.32 Å². The summed E-state index contributed by atoms with van der Waals surface area (Å²) < 4.78 is 41.9. The molecule has 1 atom stereocenters. The van der Waals surface area contributed by atoms with Crippen LogP contribution in [0.2, 0.25) is 0 Å². The maximum absolute atomic E-state index is 14.0. The summed E-state index contributed by atoms with van der Waals surface area (Å²) in [6, 6.07) is 14.0. The van der Waals surface area contributed by atoms with Gasteiger partial charge in [-0.1, -0.05) is 30.3 Å². The minimum Gasteiger partial charge on any atom is -0.370 e. The van der Waals surface area contributed by atoms with E-state index < -0.39 is 12.2 Å². The third kappa shape index (κ3) is 4.15. The summed E-state index contributed by atoms with van der Waals surface area (Å²) in [7, 11) is 0. The molecule has 0 saturated carbocycles. The topological polar surface area (TPSA) is 40.7 Å². The number of aromatic nitrogens is 2. The maximum atomic E-state index is 14.0. The second kappa shape index (κ2) is 7.76. The van der Waals surface area contributed by atoms with E-state index in [9.17, 15) is 13.2 Å². The van der Waals surface area contributed by atoms with Crippen molar-refractivity contribution in [3.63, 3.8) is 0 Å². The first kappa shape index (κ1) is 21.0. The first-order valence-corrected chi connectivity index (χ1v) is 10.1. The van der Waals surface area contributed by atoms with E-state index in [-0.39, 0.29) is 5.56 Å². The van der Waals surface area contributed by atoms with E-state index >= 15 is 0 Å². The van der Waals surface area contributed by atoms with Crippen LogP contribution in [-0.2, 0) is 0 Å². The van der Waals surface area contributed by atoms with Gasteiger partial charge in [0.2, 0.25) is 0 Å². The SMILES string of the molecule is Cc1ccc(NC(c2ccc3nc(-c4c(C)cccc4C)[nH]c3c2)C(F)(F)F)cc1C. The predicted octanol–water partition coefficient (Wildman–Crippen LogP) is 7.18. The summed E-state index contributed by atoms with van der Waals surface area (Å²) in [5.74, 6) is 0.661. The van der Waals surface area contributed by atoms with Crippen molar-refractivity contribution in [3.8, 4) is 11.4 Å². The molecular weight excluding hydrogens is 399 g/mol. The van der Waals surface area contributed by atoms with Gasteiger partial charge in [-0.05, 0) is 79.8 Å². The van der Waals surface area contributed by atoms with Crippen LogP contribution in [0.3, 0.4) is 0 Å². The van der Waals surface area contributed by atoms with E-state index in [0.29, 0.717) is 22.5 Å². The number of nitrogens with zero attached hydrogens (tertiary/aromatic N) is 1. The molecule has 0 amide bonds. The van der Waals surface area contributed by atoms with Crippen molar-refractivity contribution in [2.75, 3.05) is 5.32 Å². The first-order chi connectivity index (χ1) is 14.6. The van der Waals surface area contributed by atoms with Crippen molar-refractivity contribution in [2.45, 2.75) is 39.9 Å². The number of hydrogen-bond acceptors (Lipinski definition) is 2. The van der Waals surface area contributed by atoms with Gasteiger partial charge in [0.05, 0.1) is 11.0 Å². The zero-order chi connectivity index (χ0) is 22.3. The molecule has 0 aliphatic rings. The highest BCUT2D eigenvalue weighted by atomic mass is 19.4. The number of H-pyrrole nitrogens is 1. The van der Waals surface area contributed by atoms with Gasteiger partial charge in [-0.3, -0.25) is 0 Å². The Morgan fingerprint density at radius 3 is 2.19 bits per heavy atom. The van der Waals surface area contributed by atoms with Crippen molar-refractivity contribution >= 4 is 16.7 Å². The molecule has 0 bridgehead atoms. The molecule has 0 saturated heterocycles. The van der Waals surface area contributed by atoms with Crippen molar-refractivity contribution in [3.05, 3.63) is 82.4 Å². The summed E-state index contributed by atoms with van der Waals surface area (Å²) in [6.45, 7) is 7.80. The second-order valence-corrected chi connectivity index (χ2v) is 8.05. The van der Waals surface area contributed by atoms with E-state index in [1.807, 2.05) is 52.0 Å². The van der Waals surface area contributed by atoms with Crippen LogP contribution in [0.25, 0.3) is 22.4 Å². The van der Waals surface area contributed by atoms with Crippen molar-refractivity contribution in [2.24, 2.45) is 0 Å². The summed E-state index contributed by atoms with van der Waals surface area (Å²) >= 11 is 0. The Bertz CT molecular complexity index is 1230. The number of halogens is 3. The number of rotatable bonds is 4. The first-order valence-electron chi connectivity index (χ1n) is 10.1. The fraction of sp³-hybridized carbons (Fsp3) is 0.240. The molecular formula is C25H24F3N3. The molecule has 0 radical (unpaired) electrons.